The first-order valence-corrected chi connectivity index (χ1v) is 6.68. The quantitative estimate of drug-likeness (QED) is 0.796. The highest BCUT2D eigenvalue weighted by molar-refractivity contribution is 7.99. The number of pyridine rings is 1. The molecule has 0 spiro atoms. The fourth-order valence-corrected chi connectivity index (χ4v) is 1.74. The average molecular weight is 267 g/mol. The zero-order chi connectivity index (χ0) is 13.4. The molecule has 98 valence electrons. The second-order valence-corrected chi connectivity index (χ2v) is 5.10. The van der Waals surface area contributed by atoms with Crippen molar-refractivity contribution >= 4 is 23.7 Å². The van der Waals surface area contributed by atoms with Crippen LogP contribution in [-0.4, -0.2) is 29.2 Å². The summed E-state index contributed by atoms with van der Waals surface area (Å²) in [6.07, 6.45) is 1.66. The fraction of sp³-hybridized carbons (Fsp3) is 0.417. The summed E-state index contributed by atoms with van der Waals surface area (Å²) in [6.45, 7) is 4.52. The van der Waals surface area contributed by atoms with E-state index in [1.54, 1.807) is 6.20 Å². The molecule has 0 aliphatic carbocycles. The summed E-state index contributed by atoms with van der Waals surface area (Å²) in [5.41, 5.74) is 0. The molecule has 0 atom stereocenters. The Morgan fingerprint density at radius 1 is 1.39 bits per heavy atom. The van der Waals surface area contributed by atoms with Crippen LogP contribution in [-0.2, 0) is 4.79 Å². The number of thioether (sulfide) groups is 1. The Bertz CT molecular complexity index is 396. The van der Waals surface area contributed by atoms with Crippen molar-refractivity contribution in [1.29, 1.82) is 0 Å². The van der Waals surface area contributed by atoms with Gasteiger partial charge in [0.15, 0.2) is 0 Å². The van der Waals surface area contributed by atoms with Crippen LogP contribution in [0, 0.1) is 5.92 Å². The molecule has 1 heterocycles. The van der Waals surface area contributed by atoms with Gasteiger partial charge in [0.1, 0.15) is 0 Å². The normalized spacial score (nSPS) is 10.2. The van der Waals surface area contributed by atoms with Gasteiger partial charge in [-0.15, -0.1) is 0 Å². The number of urea groups is 1. The summed E-state index contributed by atoms with van der Waals surface area (Å²) >= 11 is 1.29. The minimum Gasteiger partial charge on any atom is -0.338 e. The second-order valence-electron chi connectivity index (χ2n) is 4.11. The number of carbonyl (C=O) groups is 2. The fourth-order valence-electron chi connectivity index (χ4n) is 1.08. The molecule has 0 bridgehead atoms. The standard InChI is InChI=1S/C12H17N3O2S/c1-9(2)7-14-12(17)15-10(16)8-18-11-5-3-4-6-13-11/h3-6,9H,7-8H2,1-2H3,(H2,14,15,16,17). The van der Waals surface area contributed by atoms with E-state index in [2.05, 4.69) is 15.6 Å². The van der Waals surface area contributed by atoms with Crippen LogP contribution >= 0.6 is 11.8 Å². The van der Waals surface area contributed by atoms with Gasteiger partial charge in [-0.1, -0.05) is 31.7 Å². The number of carbonyl (C=O) groups excluding carboxylic acids is 2. The number of rotatable bonds is 5. The maximum absolute atomic E-state index is 11.5. The third-order valence-corrected chi connectivity index (χ3v) is 2.86. The third kappa shape index (κ3) is 6.24. The van der Waals surface area contributed by atoms with E-state index in [9.17, 15) is 9.59 Å². The van der Waals surface area contributed by atoms with Crippen molar-refractivity contribution in [2.24, 2.45) is 5.92 Å². The molecule has 6 heteroatoms. The smallest absolute Gasteiger partial charge is 0.321 e. The van der Waals surface area contributed by atoms with E-state index in [0.29, 0.717) is 12.5 Å². The van der Waals surface area contributed by atoms with Crippen LogP contribution < -0.4 is 10.6 Å². The molecule has 1 aromatic rings. The van der Waals surface area contributed by atoms with Gasteiger partial charge in [-0.05, 0) is 18.1 Å². The van der Waals surface area contributed by atoms with Gasteiger partial charge in [-0.2, -0.15) is 0 Å². The molecule has 18 heavy (non-hydrogen) atoms. The predicted molar refractivity (Wildman–Crippen MR) is 71.3 cm³/mol. The molecule has 5 nitrogen and oxygen atoms in total. The first-order chi connectivity index (χ1) is 8.58. The summed E-state index contributed by atoms with van der Waals surface area (Å²) in [7, 11) is 0. The predicted octanol–water partition coefficient (Wildman–Crippen LogP) is 1.66. The highest BCUT2D eigenvalue weighted by Crippen LogP contribution is 2.12. The highest BCUT2D eigenvalue weighted by atomic mass is 32.2. The first-order valence-electron chi connectivity index (χ1n) is 5.69. The molecule has 0 saturated heterocycles. The number of amides is 3. The number of imide groups is 1. The highest BCUT2D eigenvalue weighted by Gasteiger charge is 2.08. The Morgan fingerprint density at radius 2 is 2.17 bits per heavy atom. The minimum atomic E-state index is -0.449. The van der Waals surface area contributed by atoms with Crippen molar-refractivity contribution < 1.29 is 9.59 Å². The van der Waals surface area contributed by atoms with Crippen molar-refractivity contribution in [2.45, 2.75) is 18.9 Å². The monoisotopic (exact) mass is 267 g/mol. The van der Waals surface area contributed by atoms with Crippen molar-refractivity contribution in [3.05, 3.63) is 24.4 Å². The Balaban J connectivity index is 2.23. The van der Waals surface area contributed by atoms with Gasteiger partial charge in [0.2, 0.25) is 5.91 Å². The van der Waals surface area contributed by atoms with Gasteiger partial charge in [0.25, 0.3) is 0 Å². The van der Waals surface area contributed by atoms with E-state index in [1.807, 2.05) is 32.0 Å². The number of nitrogens with zero attached hydrogens (tertiary/aromatic N) is 1. The Kier molecular flexibility index (Phi) is 6.21. The van der Waals surface area contributed by atoms with Crippen LogP contribution in [0.3, 0.4) is 0 Å². The van der Waals surface area contributed by atoms with E-state index >= 15 is 0 Å². The van der Waals surface area contributed by atoms with Gasteiger partial charge in [-0.25, -0.2) is 9.78 Å². The number of aromatic nitrogens is 1. The number of hydrogen-bond acceptors (Lipinski definition) is 4. The SMILES string of the molecule is CC(C)CNC(=O)NC(=O)CSc1ccccn1. The van der Waals surface area contributed by atoms with Gasteiger partial charge >= 0.3 is 6.03 Å². The molecule has 0 fully saturated rings. The molecule has 1 rings (SSSR count). The molecule has 0 aliphatic heterocycles. The topological polar surface area (TPSA) is 71.1 Å². The Labute approximate surface area is 111 Å². The summed E-state index contributed by atoms with van der Waals surface area (Å²) in [6, 6.07) is 5.03. The van der Waals surface area contributed by atoms with Gasteiger partial charge in [0.05, 0.1) is 10.8 Å². The van der Waals surface area contributed by atoms with Crippen molar-refractivity contribution in [1.82, 2.24) is 15.6 Å². The van der Waals surface area contributed by atoms with Crippen molar-refractivity contribution in [2.75, 3.05) is 12.3 Å². The molecule has 0 aromatic carbocycles. The summed E-state index contributed by atoms with van der Waals surface area (Å²) < 4.78 is 0. The Hall–Kier alpha value is -1.56. The average Bonchev–Trinajstić information content (AvgIpc) is 2.35. The lowest BCUT2D eigenvalue weighted by Crippen LogP contribution is -2.41. The van der Waals surface area contributed by atoms with E-state index in [-0.39, 0.29) is 11.7 Å². The lowest BCUT2D eigenvalue weighted by atomic mass is 10.2. The van der Waals surface area contributed by atoms with Crippen LogP contribution in [0.4, 0.5) is 4.79 Å². The first kappa shape index (κ1) is 14.5. The van der Waals surface area contributed by atoms with Crippen LogP contribution in [0.2, 0.25) is 0 Å². The molecule has 0 radical (unpaired) electrons. The zero-order valence-corrected chi connectivity index (χ0v) is 11.3. The third-order valence-electron chi connectivity index (χ3n) is 1.91. The molecular weight excluding hydrogens is 250 g/mol. The van der Waals surface area contributed by atoms with E-state index < -0.39 is 6.03 Å². The van der Waals surface area contributed by atoms with Crippen molar-refractivity contribution in [3.63, 3.8) is 0 Å². The summed E-state index contributed by atoms with van der Waals surface area (Å²) in [5, 5.41) is 5.64. The molecule has 0 unspecified atom stereocenters. The van der Waals surface area contributed by atoms with Gasteiger partial charge in [-0.3, -0.25) is 10.1 Å². The lowest BCUT2D eigenvalue weighted by molar-refractivity contribution is -0.117. The molecule has 3 amide bonds. The summed E-state index contributed by atoms with van der Waals surface area (Å²) in [5.74, 6) is 0.201. The molecule has 0 saturated carbocycles. The number of hydrogen-bond donors (Lipinski definition) is 2. The van der Waals surface area contributed by atoms with Crippen LogP contribution in [0.1, 0.15) is 13.8 Å². The molecular formula is C12H17N3O2S. The lowest BCUT2D eigenvalue weighted by Gasteiger charge is -2.08. The van der Waals surface area contributed by atoms with Crippen LogP contribution in [0.15, 0.2) is 29.4 Å². The van der Waals surface area contributed by atoms with E-state index in [0.717, 1.165) is 5.03 Å². The second kappa shape index (κ2) is 7.71. The van der Waals surface area contributed by atoms with Crippen LogP contribution in [0.5, 0.6) is 0 Å². The van der Waals surface area contributed by atoms with Crippen LogP contribution in [0.25, 0.3) is 0 Å². The van der Waals surface area contributed by atoms with Gasteiger partial charge < -0.3 is 5.32 Å². The van der Waals surface area contributed by atoms with E-state index in [4.69, 9.17) is 0 Å². The maximum Gasteiger partial charge on any atom is 0.321 e. The van der Waals surface area contributed by atoms with Gasteiger partial charge in [0, 0.05) is 12.7 Å². The Morgan fingerprint density at radius 3 is 2.78 bits per heavy atom. The largest absolute Gasteiger partial charge is 0.338 e. The molecule has 1 aromatic heterocycles. The zero-order valence-electron chi connectivity index (χ0n) is 10.5. The number of nitrogens with one attached hydrogen (secondary N) is 2. The molecule has 0 aliphatic rings. The maximum atomic E-state index is 11.5. The van der Waals surface area contributed by atoms with E-state index in [1.165, 1.54) is 11.8 Å². The minimum absolute atomic E-state index is 0.173. The van der Waals surface area contributed by atoms with Crippen molar-refractivity contribution in [3.8, 4) is 0 Å². The summed E-state index contributed by atoms with van der Waals surface area (Å²) in [4.78, 5) is 26.8. The molecule has 2 N–H and O–H groups in total.